The fourth-order valence-electron chi connectivity index (χ4n) is 2.65. The number of hydrogen-bond donors (Lipinski definition) is 2. The Morgan fingerprint density at radius 2 is 2.10 bits per heavy atom. The van der Waals surface area contributed by atoms with Crippen molar-refractivity contribution in [3.8, 4) is 0 Å². The molecule has 1 fully saturated rings. The molecule has 114 valence electrons. The predicted octanol–water partition coefficient (Wildman–Crippen LogP) is 1.05. The number of hydrogen-bond acceptors (Lipinski definition) is 3. The second kappa shape index (κ2) is 6.26. The standard InChI is InChI=1S/C16H22N2O3/c1-12(20)18-7-6-16(2,11-18)15(21)17-9-13-4-3-5-14(8-13)10-19/h3-5,8,19H,6-7,9-11H2,1-2H3,(H,17,21). The highest BCUT2D eigenvalue weighted by atomic mass is 16.3. The van der Waals surface area contributed by atoms with Gasteiger partial charge in [-0.1, -0.05) is 24.3 Å². The molecule has 1 atom stereocenters. The van der Waals surface area contributed by atoms with Crippen LogP contribution < -0.4 is 5.32 Å². The summed E-state index contributed by atoms with van der Waals surface area (Å²) in [4.78, 5) is 25.5. The average Bonchev–Trinajstić information content (AvgIpc) is 2.89. The summed E-state index contributed by atoms with van der Waals surface area (Å²) < 4.78 is 0. The quantitative estimate of drug-likeness (QED) is 0.871. The maximum atomic E-state index is 12.4. The normalized spacial score (nSPS) is 21.4. The Morgan fingerprint density at radius 3 is 2.71 bits per heavy atom. The Morgan fingerprint density at radius 1 is 1.38 bits per heavy atom. The molecule has 1 aromatic carbocycles. The molecule has 1 saturated heterocycles. The zero-order valence-electron chi connectivity index (χ0n) is 12.6. The first-order valence-corrected chi connectivity index (χ1v) is 7.17. The van der Waals surface area contributed by atoms with E-state index in [2.05, 4.69) is 5.32 Å². The molecule has 0 aliphatic carbocycles. The lowest BCUT2D eigenvalue weighted by Crippen LogP contribution is -2.41. The molecule has 21 heavy (non-hydrogen) atoms. The highest BCUT2D eigenvalue weighted by Crippen LogP contribution is 2.30. The molecule has 0 aromatic heterocycles. The maximum absolute atomic E-state index is 12.4. The molecule has 0 spiro atoms. The third-order valence-corrected chi connectivity index (χ3v) is 4.09. The van der Waals surface area contributed by atoms with Crippen LogP contribution in [0, 0.1) is 5.41 Å². The SMILES string of the molecule is CC(=O)N1CCC(C)(C(=O)NCc2cccc(CO)c2)C1. The fraction of sp³-hybridized carbons (Fsp3) is 0.500. The number of carbonyl (C=O) groups is 2. The second-order valence-electron chi connectivity index (χ2n) is 5.91. The van der Waals surface area contributed by atoms with Gasteiger partial charge in [-0.2, -0.15) is 0 Å². The Balaban J connectivity index is 1.94. The van der Waals surface area contributed by atoms with Crippen molar-refractivity contribution in [2.75, 3.05) is 13.1 Å². The number of likely N-dealkylation sites (tertiary alicyclic amines) is 1. The molecule has 5 heteroatoms. The number of rotatable bonds is 4. The molecule has 2 N–H and O–H groups in total. The molecule has 5 nitrogen and oxygen atoms in total. The summed E-state index contributed by atoms with van der Waals surface area (Å²) in [5.74, 6) is -0.0113. The van der Waals surface area contributed by atoms with Gasteiger partial charge in [0.2, 0.25) is 11.8 Å². The molecule has 1 unspecified atom stereocenters. The molecule has 1 aliphatic heterocycles. The van der Waals surface area contributed by atoms with E-state index in [1.165, 1.54) is 6.92 Å². The highest BCUT2D eigenvalue weighted by Gasteiger charge is 2.40. The number of aliphatic hydroxyl groups excluding tert-OH is 1. The molecule has 0 bridgehead atoms. The van der Waals surface area contributed by atoms with Crippen molar-refractivity contribution in [2.45, 2.75) is 33.4 Å². The van der Waals surface area contributed by atoms with Crippen molar-refractivity contribution >= 4 is 11.8 Å². The first kappa shape index (κ1) is 15.5. The van der Waals surface area contributed by atoms with Gasteiger partial charge in [-0.3, -0.25) is 9.59 Å². The maximum Gasteiger partial charge on any atom is 0.228 e. The smallest absolute Gasteiger partial charge is 0.228 e. The summed E-state index contributed by atoms with van der Waals surface area (Å²) in [5, 5.41) is 12.0. The van der Waals surface area contributed by atoms with Crippen LogP contribution in [0.15, 0.2) is 24.3 Å². The van der Waals surface area contributed by atoms with Crippen molar-refractivity contribution in [2.24, 2.45) is 5.41 Å². The summed E-state index contributed by atoms with van der Waals surface area (Å²) in [5.41, 5.74) is 1.27. The molecule has 1 aliphatic rings. The molecule has 2 amide bonds. The Bertz CT molecular complexity index is 544. The van der Waals surface area contributed by atoms with Gasteiger partial charge in [0, 0.05) is 26.6 Å². The van der Waals surface area contributed by atoms with Gasteiger partial charge in [0.25, 0.3) is 0 Å². The average molecular weight is 290 g/mol. The van der Waals surface area contributed by atoms with E-state index in [0.29, 0.717) is 26.1 Å². The van der Waals surface area contributed by atoms with Gasteiger partial charge in [0.05, 0.1) is 12.0 Å². The third-order valence-electron chi connectivity index (χ3n) is 4.09. The summed E-state index contributed by atoms with van der Waals surface area (Å²) >= 11 is 0. The van der Waals surface area contributed by atoms with Crippen LogP contribution >= 0.6 is 0 Å². The van der Waals surface area contributed by atoms with Crippen molar-refractivity contribution in [1.82, 2.24) is 10.2 Å². The Hall–Kier alpha value is -1.88. The summed E-state index contributed by atoms with van der Waals surface area (Å²) in [6, 6.07) is 7.49. The first-order chi connectivity index (χ1) is 9.94. The Kier molecular flexibility index (Phi) is 4.63. The van der Waals surface area contributed by atoms with E-state index in [4.69, 9.17) is 5.11 Å². The van der Waals surface area contributed by atoms with Gasteiger partial charge < -0.3 is 15.3 Å². The van der Waals surface area contributed by atoms with Gasteiger partial charge in [0.1, 0.15) is 0 Å². The van der Waals surface area contributed by atoms with Gasteiger partial charge in [-0.15, -0.1) is 0 Å². The van der Waals surface area contributed by atoms with Gasteiger partial charge in [0.15, 0.2) is 0 Å². The highest BCUT2D eigenvalue weighted by molar-refractivity contribution is 5.84. The zero-order valence-corrected chi connectivity index (χ0v) is 12.6. The number of nitrogens with zero attached hydrogens (tertiary/aromatic N) is 1. The number of aliphatic hydroxyl groups is 1. The van der Waals surface area contributed by atoms with Crippen LogP contribution in [0.2, 0.25) is 0 Å². The lowest BCUT2D eigenvalue weighted by atomic mass is 9.88. The topological polar surface area (TPSA) is 69.6 Å². The van der Waals surface area contributed by atoms with Crippen LogP contribution in [0.5, 0.6) is 0 Å². The van der Waals surface area contributed by atoms with Crippen molar-refractivity contribution < 1.29 is 14.7 Å². The van der Waals surface area contributed by atoms with E-state index in [9.17, 15) is 9.59 Å². The summed E-state index contributed by atoms with van der Waals surface area (Å²) in [6.07, 6.45) is 0.690. The largest absolute Gasteiger partial charge is 0.392 e. The van der Waals surface area contributed by atoms with Crippen molar-refractivity contribution in [3.05, 3.63) is 35.4 Å². The van der Waals surface area contributed by atoms with E-state index < -0.39 is 5.41 Å². The van der Waals surface area contributed by atoms with E-state index in [0.717, 1.165) is 11.1 Å². The van der Waals surface area contributed by atoms with Gasteiger partial charge in [-0.25, -0.2) is 0 Å². The van der Waals surface area contributed by atoms with Crippen molar-refractivity contribution in [1.29, 1.82) is 0 Å². The fourth-order valence-corrected chi connectivity index (χ4v) is 2.65. The summed E-state index contributed by atoms with van der Waals surface area (Å²) in [6.45, 7) is 4.97. The van der Waals surface area contributed by atoms with E-state index in [-0.39, 0.29) is 18.4 Å². The third kappa shape index (κ3) is 3.61. The minimum atomic E-state index is -0.514. The molecular weight excluding hydrogens is 268 g/mol. The predicted molar refractivity (Wildman–Crippen MR) is 79.2 cm³/mol. The lowest BCUT2D eigenvalue weighted by Gasteiger charge is -2.23. The Labute approximate surface area is 125 Å². The second-order valence-corrected chi connectivity index (χ2v) is 5.91. The van der Waals surface area contributed by atoms with Crippen LogP contribution in [0.4, 0.5) is 0 Å². The minimum Gasteiger partial charge on any atom is -0.392 e. The number of carbonyl (C=O) groups excluding carboxylic acids is 2. The van der Waals surface area contributed by atoms with E-state index in [1.54, 1.807) is 4.90 Å². The van der Waals surface area contributed by atoms with Crippen LogP contribution in [-0.4, -0.2) is 34.9 Å². The van der Waals surface area contributed by atoms with Crippen molar-refractivity contribution in [3.63, 3.8) is 0 Å². The van der Waals surface area contributed by atoms with E-state index >= 15 is 0 Å². The van der Waals surface area contributed by atoms with Crippen LogP contribution in [0.3, 0.4) is 0 Å². The van der Waals surface area contributed by atoms with Gasteiger partial charge in [-0.05, 0) is 24.5 Å². The number of amides is 2. The molecule has 2 rings (SSSR count). The summed E-state index contributed by atoms with van der Waals surface area (Å²) in [7, 11) is 0. The molecule has 0 saturated carbocycles. The minimum absolute atomic E-state index is 0.00687. The lowest BCUT2D eigenvalue weighted by molar-refractivity contribution is -0.131. The molecular formula is C16H22N2O3. The molecule has 0 radical (unpaired) electrons. The van der Waals surface area contributed by atoms with Crippen LogP contribution in [0.25, 0.3) is 0 Å². The van der Waals surface area contributed by atoms with Crippen LogP contribution in [-0.2, 0) is 22.7 Å². The number of nitrogens with one attached hydrogen (secondary N) is 1. The first-order valence-electron chi connectivity index (χ1n) is 7.17. The molecule has 1 heterocycles. The number of benzene rings is 1. The van der Waals surface area contributed by atoms with Gasteiger partial charge >= 0.3 is 0 Å². The monoisotopic (exact) mass is 290 g/mol. The zero-order chi connectivity index (χ0) is 15.5. The van der Waals surface area contributed by atoms with E-state index in [1.807, 2.05) is 31.2 Å². The van der Waals surface area contributed by atoms with Crippen LogP contribution in [0.1, 0.15) is 31.4 Å². The molecule has 1 aromatic rings.